The summed E-state index contributed by atoms with van der Waals surface area (Å²) in [5.41, 5.74) is 6.81. The van der Waals surface area contributed by atoms with Crippen LogP contribution in [0.15, 0.2) is 67.0 Å². The summed E-state index contributed by atoms with van der Waals surface area (Å²) in [5, 5.41) is 5.82. The van der Waals surface area contributed by atoms with Gasteiger partial charge in [0.2, 0.25) is 0 Å². The Labute approximate surface area is 147 Å². The highest BCUT2D eigenvalue weighted by Crippen LogP contribution is 2.28. The number of aryl methyl sites for hydroxylation is 2. The number of benzene rings is 2. The van der Waals surface area contributed by atoms with Crippen molar-refractivity contribution < 1.29 is 0 Å². The van der Waals surface area contributed by atoms with Crippen LogP contribution in [0.5, 0.6) is 0 Å². The minimum atomic E-state index is 0.977. The van der Waals surface area contributed by atoms with Crippen LogP contribution in [0.2, 0.25) is 0 Å². The second-order valence-corrected chi connectivity index (χ2v) is 6.18. The molecule has 0 N–H and O–H groups in total. The molecule has 0 saturated heterocycles. The van der Waals surface area contributed by atoms with E-state index in [1.807, 2.05) is 48.4 Å². The van der Waals surface area contributed by atoms with Crippen molar-refractivity contribution in [2.24, 2.45) is 7.05 Å². The second kappa shape index (κ2) is 6.36. The normalized spacial score (nSPS) is 11.4. The van der Waals surface area contributed by atoms with E-state index >= 15 is 0 Å². The Balaban J connectivity index is 1.81. The van der Waals surface area contributed by atoms with Crippen molar-refractivity contribution >= 4 is 23.1 Å². The molecular formula is C22H19N3. The molecule has 2 aromatic carbocycles. The van der Waals surface area contributed by atoms with Crippen molar-refractivity contribution in [3.05, 3.63) is 83.8 Å². The molecule has 2 aromatic heterocycles. The van der Waals surface area contributed by atoms with Gasteiger partial charge < -0.3 is 0 Å². The van der Waals surface area contributed by atoms with E-state index in [2.05, 4.69) is 59.5 Å². The summed E-state index contributed by atoms with van der Waals surface area (Å²) in [6, 6.07) is 18.8. The molecule has 25 heavy (non-hydrogen) atoms. The van der Waals surface area contributed by atoms with E-state index in [9.17, 15) is 0 Å². The Hall–Kier alpha value is -3.20. The standard InChI is InChI=1S/C22H19N3/c1-16-12-13-23-15-20(16)18-9-11-22-19(14-18)21(24-25(22)2)10-8-17-6-4-3-5-7-17/h3-15H,1-2H3/b10-8+. The first-order valence-electron chi connectivity index (χ1n) is 8.33. The van der Waals surface area contributed by atoms with Gasteiger partial charge in [-0.15, -0.1) is 0 Å². The molecule has 0 bridgehead atoms. The predicted molar refractivity (Wildman–Crippen MR) is 104 cm³/mol. The lowest BCUT2D eigenvalue weighted by Crippen LogP contribution is -1.89. The minimum absolute atomic E-state index is 0.977. The Bertz CT molecular complexity index is 1060. The van der Waals surface area contributed by atoms with Crippen molar-refractivity contribution in [2.45, 2.75) is 6.92 Å². The van der Waals surface area contributed by atoms with E-state index in [4.69, 9.17) is 0 Å². The van der Waals surface area contributed by atoms with Gasteiger partial charge in [0.25, 0.3) is 0 Å². The average molecular weight is 325 g/mol. The number of nitrogens with zero attached hydrogens (tertiary/aromatic N) is 3. The summed E-state index contributed by atoms with van der Waals surface area (Å²) in [5.74, 6) is 0. The zero-order valence-electron chi connectivity index (χ0n) is 14.3. The SMILES string of the molecule is Cc1ccncc1-c1ccc2c(c1)c(/C=C/c1ccccc1)nn2C. The van der Waals surface area contributed by atoms with Crippen LogP contribution < -0.4 is 0 Å². The molecule has 0 aliphatic carbocycles. The molecule has 2 heterocycles. The van der Waals surface area contributed by atoms with Gasteiger partial charge in [0.1, 0.15) is 0 Å². The Morgan fingerprint density at radius 1 is 0.960 bits per heavy atom. The van der Waals surface area contributed by atoms with Crippen LogP contribution in [0, 0.1) is 6.92 Å². The minimum Gasteiger partial charge on any atom is -0.267 e. The highest BCUT2D eigenvalue weighted by atomic mass is 15.3. The maximum atomic E-state index is 4.68. The fraction of sp³-hybridized carbons (Fsp3) is 0.0909. The van der Waals surface area contributed by atoms with Gasteiger partial charge in [-0.3, -0.25) is 9.67 Å². The van der Waals surface area contributed by atoms with Crippen LogP contribution in [-0.2, 0) is 7.05 Å². The number of rotatable bonds is 3. The van der Waals surface area contributed by atoms with Gasteiger partial charge in [0, 0.05) is 30.4 Å². The molecule has 0 saturated carbocycles. The number of hydrogen-bond acceptors (Lipinski definition) is 2. The van der Waals surface area contributed by atoms with Gasteiger partial charge in [0.15, 0.2) is 0 Å². The first-order chi connectivity index (χ1) is 12.2. The summed E-state index contributed by atoms with van der Waals surface area (Å²) in [4.78, 5) is 4.27. The van der Waals surface area contributed by atoms with Crippen LogP contribution in [-0.4, -0.2) is 14.8 Å². The lowest BCUT2D eigenvalue weighted by atomic mass is 10.0. The molecule has 0 unspecified atom stereocenters. The molecule has 0 amide bonds. The zero-order valence-corrected chi connectivity index (χ0v) is 14.3. The third-order valence-electron chi connectivity index (χ3n) is 4.46. The van der Waals surface area contributed by atoms with Crippen molar-refractivity contribution in [3.8, 4) is 11.1 Å². The molecule has 3 nitrogen and oxygen atoms in total. The maximum absolute atomic E-state index is 4.68. The van der Waals surface area contributed by atoms with Gasteiger partial charge in [0.05, 0.1) is 11.2 Å². The van der Waals surface area contributed by atoms with Crippen LogP contribution >= 0.6 is 0 Å². The smallest absolute Gasteiger partial charge is 0.0930 e. The lowest BCUT2D eigenvalue weighted by Gasteiger charge is -2.05. The molecule has 0 radical (unpaired) electrons. The van der Waals surface area contributed by atoms with Gasteiger partial charge in [-0.2, -0.15) is 5.10 Å². The molecule has 122 valence electrons. The topological polar surface area (TPSA) is 30.7 Å². The lowest BCUT2D eigenvalue weighted by molar-refractivity contribution is 0.793. The first-order valence-corrected chi connectivity index (χ1v) is 8.33. The molecule has 3 heteroatoms. The Morgan fingerprint density at radius 2 is 1.80 bits per heavy atom. The van der Waals surface area contributed by atoms with Crippen molar-refractivity contribution in [1.29, 1.82) is 0 Å². The average Bonchev–Trinajstić information content (AvgIpc) is 2.97. The molecule has 4 aromatic rings. The van der Waals surface area contributed by atoms with E-state index in [0.29, 0.717) is 0 Å². The molecule has 0 fully saturated rings. The molecule has 0 spiro atoms. The van der Waals surface area contributed by atoms with Crippen molar-refractivity contribution in [3.63, 3.8) is 0 Å². The summed E-state index contributed by atoms with van der Waals surface area (Å²) >= 11 is 0. The third-order valence-corrected chi connectivity index (χ3v) is 4.46. The quantitative estimate of drug-likeness (QED) is 0.524. The highest BCUT2D eigenvalue weighted by Gasteiger charge is 2.09. The van der Waals surface area contributed by atoms with Gasteiger partial charge in [-0.05, 0) is 47.9 Å². The molecule has 4 rings (SSSR count). The van der Waals surface area contributed by atoms with E-state index in [1.54, 1.807) is 0 Å². The Morgan fingerprint density at radius 3 is 2.60 bits per heavy atom. The van der Waals surface area contributed by atoms with E-state index in [1.165, 1.54) is 16.7 Å². The second-order valence-electron chi connectivity index (χ2n) is 6.18. The van der Waals surface area contributed by atoms with Gasteiger partial charge in [-0.1, -0.05) is 42.5 Å². The van der Waals surface area contributed by atoms with Gasteiger partial charge >= 0.3 is 0 Å². The van der Waals surface area contributed by atoms with Gasteiger partial charge in [-0.25, -0.2) is 0 Å². The van der Waals surface area contributed by atoms with Crippen molar-refractivity contribution in [1.82, 2.24) is 14.8 Å². The van der Waals surface area contributed by atoms with Crippen LogP contribution in [0.1, 0.15) is 16.8 Å². The Kier molecular flexibility index (Phi) is 3.90. The monoisotopic (exact) mass is 325 g/mol. The third kappa shape index (κ3) is 2.96. The van der Waals surface area contributed by atoms with Crippen LogP contribution in [0.25, 0.3) is 34.2 Å². The van der Waals surface area contributed by atoms with E-state index in [0.717, 1.165) is 22.2 Å². The number of hydrogen-bond donors (Lipinski definition) is 0. The molecular weight excluding hydrogens is 306 g/mol. The van der Waals surface area contributed by atoms with Crippen molar-refractivity contribution in [2.75, 3.05) is 0 Å². The maximum Gasteiger partial charge on any atom is 0.0930 e. The predicted octanol–water partition coefficient (Wildman–Crippen LogP) is 5.11. The van der Waals surface area contributed by atoms with Crippen LogP contribution in [0.3, 0.4) is 0 Å². The van der Waals surface area contributed by atoms with E-state index < -0.39 is 0 Å². The number of pyridine rings is 1. The first kappa shape index (κ1) is 15.3. The largest absolute Gasteiger partial charge is 0.267 e. The van der Waals surface area contributed by atoms with Crippen LogP contribution in [0.4, 0.5) is 0 Å². The fourth-order valence-electron chi connectivity index (χ4n) is 3.09. The summed E-state index contributed by atoms with van der Waals surface area (Å²) in [6.45, 7) is 2.11. The summed E-state index contributed by atoms with van der Waals surface area (Å²) in [7, 11) is 1.98. The molecule has 0 atom stereocenters. The fourth-order valence-corrected chi connectivity index (χ4v) is 3.09. The summed E-state index contributed by atoms with van der Waals surface area (Å²) in [6.07, 6.45) is 7.93. The summed E-state index contributed by atoms with van der Waals surface area (Å²) < 4.78 is 1.93. The highest BCUT2D eigenvalue weighted by molar-refractivity contribution is 5.93. The zero-order chi connectivity index (χ0) is 17.2. The van der Waals surface area contributed by atoms with E-state index in [-0.39, 0.29) is 0 Å². The molecule has 0 aliphatic rings. The number of aromatic nitrogens is 3. The molecule has 0 aliphatic heterocycles. The number of fused-ring (bicyclic) bond motifs is 1.